The van der Waals surface area contributed by atoms with Crippen LogP contribution >= 0.6 is 0 Å². The second-order valence-corrected chi connectivity index (χ2v) is 22.3. The van der Waals surface area contributed by atoms with Gasteiger partial charge in [0.05, 0.1) is 52.9 Å². The van der Waals surface area contributed by atoms with Crippen LogP contribution in [0.2, 0.25) is 0 Å². The van der Waals surface area contributed by atoms with E-state index >= 15 is 0 Å². The first-order valence-corrected chi connectivity index (χ1v) is 33.9. The Labute approximate surface area is 522 Å². The van der Waals surface area contributed by atoms with Gasteiger partial charge < -0.3 is 103 Å². The largest absolute Gasteiger partial charge is 0.412 e. The van der Waals surface area contributed by atoms with Crippen molar-refractivity contribution in [2.75, 3.05) is 334 Å². The monoisotopic (exact) mass is 1240 g/mol. The van der Waals surface area contributed by atoms with Gasteiger partial charge in [-0.05, 0) is 39.1 Å². The van der Waals surface area contributed by atoms with E-state index in [1.165, 1.54) is 13.0 Å². The summed E-state index contributed by atoms with van der Waals surface area (Å²) in [6.07, 6.45) is -1.87. The number of nitrogens with one attached hydrogen (secondary N) is 8. The first kappa shape index (κ1) is 79.2. The van der Waals surface area contributed by atoms with Gasteiger partial charge >= 0.3 is 12.3 Å². The maximum absolute atomic E-state index is 6.58. The fourth-order valence-corrected chi connectivity index (χ4v) is 10.4. The minimum Gasteiger partial charge on any atom is -0.329 e. The summed E-state index contributed by atoms with van der Waals surface area (Å²) in [6.45, 7) is 53.9. The normalized spacial score (nSPS) is 18.1. The molecule has 0 aromatic carbocycles. The standard InChI is InChI=1S/C34H73N11O4.C25H60N8O4/c1-2-6-38-10-18-42(19-11-38)26-30-46-34(47-31-27-43-20-12-39(7-3-35)13-21-43,48-32-28-44-22-14-40(8-4-36)15-23-44)49-33-29-45-24-16-41(9-5-37)17-25-45;1-5-26-9-13-30-17-21-34-25(35-22-18-31-14-10-27-6-2,36-23-19-32-15-11-28-7-3)37-24-20-33-16-12-29-8-4/h2-33,35-37H2,1H3;26-33H,5-24H2,1-4H3. The van der Waals surface area contributed by atoms with Crippen molar-refractivity contribution >= 4 is 0 Å². The molecule has 0 aromatic heterocycles. The Bertz CT molecular complexity index is 1250. The molecule has 0 atom stereocenters. The Balaban J connectivity index is 0.000000471. The molecule has 0 aliphatic carbocycles. The molecule has 0 amide bonds. The number of piperazine rings is 4. The fraction of sp³-hybridized carbons (Fsp3) is 1.00. The smallest absolute Gasteiger partial charge is 0.329 e. The van der Waals surface area contributed by atoms with Gasteiger partial charge in [0.1, 0.15) is 0 Å². The highest BCUT2D eigenvalue weighted by molar-refractivity contribution is 4.76. The van der Waals surface area contributed by atoms with Crippen molar-refractivity contribution in [3.8, 4) is 0 Å². The summed E-state index contributed by atoms with van der Waals surface area (Å²) < 4.78 is 50.7. The lowest BCUT2D eigenvalue weighted by molar-refractivity contribution is -0.499. The van der Waals surface area contributed by atoms with Crippen LogP contribution in [0.4, 0.5) is 0 Å². The van der Waals surface area contributed by atoms with Gasteiger partial charge in [0, 0.05) is 249 Å². The van der Waals surface area contributed by atoms with E-state index in [-0.39, 0.29) is 0 Å². The Morgan fingerprint density at radius 2 is 0.430 bits per heavy atom. The van der Waals surface area contributed by atoms with Gasteiger partial charge in [-0.25, -0.2) is 0 Å². The van der Waals surface area contributed by atoms with E-state index in [2.05, 4.69) is 116 Å². The third-order valence-electron chi connectivity index (χ3n) is 15.6. The Morgan fingerprint density at radius 1 is 0.244 bits per heavy atom. The molecule has 4 aliphatic heterocycles. The predicted molar refractivity (Wildman–Crippen MR) is 348 cm³/mol. The second-order valence-electron chi connectivity index (χ2n) is 22.3. The quantitative estimate of drug-likeness (QED) is 0.0204. The summed E-state index contributed by atoms with van der Waals surface area (Å²) in [6, 6.07) is 0. The maximum atomic E-state index is 6.58. The molecule has 4 fully saturated rings. The lowest BCUT2D eigenvalue weighted by atomic mass is 10.3. The highest BCUT2D eigenvalue weighted by atomic mass is 17.0. The predicted octanol–water partition coefficient (Wildman–Crippen LogP) is -4.12. The minimum absolute atomic E-state index is 0.404. The van der Waals surface area contributed by atoms with Gasteiger partial charge in [-0.2, -0.15) is 0 Å². The average molecular weight is 1240 g/mol. The van der Waals surface area contributed by atoms with Gasteiger partial charge in [0.2, 0.25) is 0 Å². The molecule has 14 N–H and O–H groups in total. The molecule has 4 rings (SSSR count). The van der Waals surface area contributed by atoms with Crippen molar-refractivity contribution in [2.24, 2.45) is 17.2 Å². The van der Waals surface area contributed by atoms with E-state index in [9.17, 15) is 0 Å². The van der Waals surface area contributed by atoms with E-state index < -0.39 is 12.3 Å². The number of hydrogen-bond donors (Lipinski definition) is 11. The average Bonchev–Trinajstić information content (AvgIpc) is 3.61. The zero-order chi connectivity index (χ0) is 61.7. The molecule has 4 aliphatic rings. The van der Waals surface area contributed by atoms with Gasteiger partial charge in [0.25, 0.3) is 0 Å². The molecule has 4 saturated heterocycles. The van der Waals surface area contributed by atoms with Crippen molar-refractivity contribution in [3.05, 3.63) is 0 Å². The van der Waals surface area contributed by atoms with Crippen LogP contribution in [0.25, 0.3) is 0 Å². The molecule has 27 heteroatoms. The number of nitrogens with zero attached hydrogens (tertiary/aromatic N) is 8. The number of rotatable bonds is 56. The van der Waals surface area contributed by atoms with Crippen LogP contribution in [0.5, 0.6) is 0 Å². The summed E-state index contributed by atoms with van der Waals surface area (Å²) in [4.78, 5) is 19.7. The van der Waals surface area contributed by atoms with Crippen LogP contribution in [-0.2, 0) is 37.9 Å². The third-order valence-corrected chi connectivity index (χ3v) is 15.6. The summed E-state index contributed by atoms with van der Waals surface area (Å²) in [5.74, 6) is 0. The van der Waals surface area contributed by atoms with E-state index in [0.717, 1.165) is 229 Å². The second kappa shape index (κ2) is 54.5. The molecule has 86 heavy (non-hydrogen) atoms. The maximum Gasteiger partial charge on any atom is 0.412 e. The molecule has 0 spiro atoms. The van der Waals surface area contributed by atoms with Crippen LogP contribution in [0.15, 0.2) is 0 Å². The molecule has 512 valence electrons. The molecule has 4 heterocycles. The molecular weight excluding hydrogens is 1100 g/mol. The minimum atomic E-state index is -1.54. The molecule has 0 saturated carbocycles. The molecule has 0 unspecified atom stereocenters. The van der Waals surface area contributed by atoms with Gasteiger partial charge in [0.15, 0.2) is 0 Å². The van der Waals surface area contributed by atoms with Crippen molar-refractivity contribution in [1.82, 2.24) is 81.7 Å². The lowest BCUT2D eigenvalue weighted by Gasteiger charge is -2.39. The first-order chi connectivity index (χ1) is 42.3. The van der Waals surface area contributed by atoms with Crippen molar-refractivity contribution in [2.45, 2.75) is 53.4 Å². The Morgan fingerprint density at radius 3 is 0.628 bits per heavy atom. The number of ether oxygens (including phenoxy) is 8. The van der Waals surface area contributed by atoms with Gasteiger partial charge in [-0.3, -0.25) is 34.3 Å². The highest BCUT2D eigenvalue weighted by Gasteiger charge is 2.38. The zero-order valence-corrected chi connectivity index (χ0v) is 55.3. The van der Waals surface area contributed by atoms with E-state index in [0.29, 0.717) is 98.7 Å². The third kappa shape index (κ3) is 39.3. The highest BCUT2D eigenvalue weighted by Crippen LogP contribution is 2.21. The van der Waals surface area contributed by atoms with Crippen LogP contribution in [0.3, 0.4) is 0 Å². The topological polar surface area (TPSA) is 274 Å². The van der Waals surface area contributed by atoms with Crippen molar-refractivity contribution in [1.29, 1.82) is 0 Å². The Kier molecular flexibility index (Phi) is 50.1. The summed E-state index contributed by atoms with van der Waals surface area (Å²) >= 11 is 0. The summed E-state index contributed by atoms with van der Waals surface area (Å²) in [7, 11) is 0. The lowest BCUT2D eigenvalue weighted by Crippen LogP contribution is -2.52. The van der Waals surface area contributed by atoms with E-state index in [4.69, 9.17) is 55.1 Å². The number of hydrogen-bond acceptors (Lipinski definition) is 27. The number of likely N-dealkylation sites (N-methyl/N-ethyl adjacent to an activating group) is 4. The summed E-state index contributed by atoms with van der Waals surface area (Å²) in [5.41, 5.74) is 17.4. The van der Waals surface area contributed by atoms with Crippen LogP contribution in [0.1, 0.15) is 41.0 Å². The van der Waals surface area contributed by atoms with E-state index in [1.54, 1.807) is 0 Å². The SMILES string of the molecule is CCCN1CCN(CCOC(OCCN2CCN(CCN)CC2)(OCCN2CCN(CCN)CC2)OCCN2CCN(CCN)CC2)CC1.CCNCCNCCOC(OCCNCCNCC)(OCCNCCNCC)OCCNCCNCC. The molecular formula is C59H133N19O8. The summed E-state index contributed by atoms with van der Waals surface area (Å²) in [5, 5.41) is 26.7. The molecule has 0 aromatic rings. The number of nitrogens with two attached hydrogens (primary N) is 3. The zero-order valence-electron chi connectivity index (χ0n) is 55.3. The van der Waals surface area contributed by atoms with Crippen LogP contribution < -0.4 is 59.7 Å². The van der Waals surface area contributed by atoms with E-state index in [1.807, 2.05) is 0 Å². The van der Waals surface area contributed by atoms with Crippen LogP contribution in [0, 0.1) is 0 Å². The van der Waals surface area contributed by atoms with Gasteiger partial charge in [-0.1, -0.05) is 34.6 Å². The molecule has 0 bridgehead atoms. The van der Waals surface area contributed by atoms with Crippen LogP contribution in [-0.4, -0.2) is 386 Å². The van der Waals surface area contributed by atoms with Crippen molar-refractivity contribution < 1.29 is 37.9 Å². The van der Waals surface area contributed by atoms with Gasteiger partial charge in [-0.15, -0.1) is 0 Å². The first-order valence-electron chi connectivity index (χ1n) is 33.9. The Hall–Kier alpha value is -1.08. The fourth-order valence-electron chi connectivity index (χ4n) is 10.4. The molecule has 0 radical (unpaired) electrons. The molecule has 27 nitrogen and oxygen atoms in total. The van der Waals surface area contributed by atoms with Crippen molar-refractivity contribution in [3.63, 3.8) is 0 Å².